The number of hydrogen-bond acceptors (Lipinski definition) is 4. The molecule has 1 aromatic carbocycles. The average molecular weight is 280 g/mol. The molecule has 2 N–H and O–H groups in total. The summed E-state index contributed by atoms with van der Waals surface area (Å²) in [4.78, 5) is 33.2. The van der Waals surface area contributed by atoms with Crippen LogP contribution in [0, 0.1) is 17.0 Å². The van der Waals surface area contributed by atoms with Gasteiger partial charge >= 0.3 is 5.97 Å². The third kappa shape index (κ3) is 3.78. The van der Waals surface area contributed by atoms with Crippen LogP contribution in [0.4, 0.5) is 5.69 Å². The molecule has 0 aromatic heterocycles. The fourth-order valence-electron chi connectivity index (χ4n) is 1.88. The van der Waals surface area contributed by atoms with Gasteiger partial charge in [-0.1, -0.05) is 12.1 Å². The Bertz CT molecular complexity index is 566. The maximum absolute atomic E-state index is 12.1. The third-order valence-electron chi connectivity index (χ3n) is 2.71. The molecule has 108 valence electrons. The van der Waals surface area contributed by atoms with E-state index in [0.717, 1.165) is 0 Å². The Morgan fingerprint density at radius 3 is 2.50 bits per heavy atom. The first-order valence-corrected chi connectivity index (χ1v) is 5.92. The van der Waals surface area contributed by atoms with Gasteiger partial charge < -0.3 is 10.4 Å². The highest BCUT2D eigenvalue weighted by atomic mass is 16.6. The number of carbonyl (C=O) groups excluding carboxylic acids is 1. The number of nitrogens with zero attached hydrogens (tertiary/aromatic N) is 1. The number of aryl methyl sites for hydroxylation is 1. The summed E-state index contributed by atoms with van der Waals surface area (Å²) in [5, 5.41) is 22.3. The molecule has 20 heavy (non-hydrogen) atoms. The normalized spacial score (nSPS) is 10.9. The Morgan fingerprint density at radius 2 is 2.00 bits per heavy atom. The van der Waals surface area contributed by atoms with Gasteiger partial charge in [0, 0.05) is 11.1 Å². The smallest absolute Gasteiger partial charge is 0.305 e. The van der Waals surface area contributed by atoms with Gasteiger partial charge in [-0.05, 0) is 26.8 Å². The minimum atomic E-state index is -1.06. The van der Waals surface area contributed by atoms with Gasteiger partial charge in [0.25, 0.3) is 11.6 Å². The van der Waals surface area contributed by atoms with Crippen LogP contribution in [0.15, 0.2) is 18.2 Å². The summed E-state index contributed by atoms with van der Waals surface area (Å²) >= 11 is 0. The number of carboxylic acid groups (broad SMARTS) is 1. The van der Waals surface area contributed by atoms with Crippen molar-refractivity contribution in [1.29, 1.82) is 0 Å². The standard InChI is InChI=1S/C13H16N2O5/c1-8-5-4-6-9(11(8)15(19)20)12(18)14-13(2,3)7-10(16)17/h4-6H,7H2,1-3H3,(H,14,18)(H,16,17). The van der Waals surface area contributed by atoms with E-state index in [9.17, 15) is 19.7 Å². The van der Waals surface area contributed by atoms with Crippen LogP contribution in [0.1, 0.15) is 36.2 Å². The fourth-order valence-corrected chi connectivity index (χ4v) is 1.88. The van der Waals surface area contributed by atoms with E-state index in [4.69, 9.17) is 5.11 Å². The zero-order valence-corrected chi connectivity index (χ0v) is 11.5. The molecule has 0 unspecified atom stereocenters. The number of hydrogen-bond donors (Lipinski definition) is 2. The van der Waals surface area contributed by atoms with Gasteiger partial charge in [0.15, 0.2) is 0 Å². The van der Waals surface area contributed by atoms with Gasteiger partial charge in [0.1, 0.15) is 5.56 Å². The Hall–Kier alpha value is -2.44. The molecule has 0 heterocycles. The molecule has 0 spiro atoms. The highest BCUT2D eigenvalue weighted by Gasteiger charge is 2.28. The summed E-state index contributed by atoms with van der Waals surface area (Å²) in [6.07, 6.45) is -0.279. The van der Waals surface area contributed by atoms with Crippen LogP contribution in [-0.4, -0.2) is 27.4 Å². The summed E-state index contributed by atoms with van der Waals surface area (Å²) in [6, 6.07) is 4.43. The summed E-state index contributed by atoms with van der Waals surface area (Å²) in [5.74, 6) is -1.72. The maximum Gasteiger partial charge on any atom is 0.305 e. The van der Waals surface area contributed by atoms with Gasteiger partial charge in [-0.15, -0.1) is 0 Å². The molecule has 0 radical (unpaired) electrons. The summed E-state index contributed by atoms with van der Waals surface area (Å²) in [5.41, 5.74) is -0.969. The number of benzene rings is 1. The van der Waals surface area contributed by atoms with Crippen molar-refractivity contribution < 1.29 is 19.6 Å². The van der Waals surface area contributed by atoms with Gasteiger partial charge in [0.05, 0.1) is 11.3 Å². The summed E-state index contributed by atoms with van der Waals surface area (Å²) in [7, 11) is 0. The molecule has 0 fully saturated rings. The van der Waals surface area contributed by atoms with Crippen LogP contribution in [0.2, 0.25) is 0 Å². The molecule has 0 atom stereocenters. The molecule has 0 aliphatic rings. The molecular weight excluding hydrogens is 264 g/mol. The van der Waals surface area contributed by atoms with E-state index in [1.54, 1.807) is 19.9 Å². The maximum atomic E-state index is 12.1. The fraction of sp³-hybridized carbons (Fsp3) is 0.385. The molecule has 1 rings (SSSR count). The lowest BCUT2D eigenvalue weighted by molar-refractivity contribution is -0.385. The first kappa shape index (κ1) is 15.6. The van der Waals surface area contributed by atoms with E-state index >= 15 is 0 Å². The lowest BCUT2D eigenvalue weighted by atomic mass is 9.99. The van der Waals surface area contributed by atoms with Gasteiger partial charge in [-0.3, -0.25) is 19.7 Å². The van der Waals surface area contributed by atoms with Crippen molar-refractivity contribution in [2.45, 2.75) is 32.7 Å². The quantitative estimate of drug-likeness (QED) is 0.632. The SMILES string of the molecule is Cc1cccc(C(=O)NC(C)(C)CC(=O)O)c1[N+](=O)[O-]. The number of rotatable bonds is 5. The monoisotopic (exact) mass is 280 g/mol. The first-order valence-electron chi connectivity index (χ1n) is 5.92. The molecule has 0 aliphatic heterocycles. The molecule has 0 aliphatic carbocycles. The average Bonchev–Trinajstić information content (AvgIpc) is 2.25. The Balaban J connectivity index is 3.08. The largest absolute Gasteiger partial charge is 0.481 e. The minimum Gasteiger partial charge on any atom is -0.481 e. The molecule has 1 aromatic rings. The van der Waals surface area contributed by atoms with Crippen molar-refractivity contribution in [3.8, 4) is 0 Å². The second-order valence-electron chi connectivity index (χ2n) is 5.14. The first-order chi connectivity index (χ1) is 9.14. The van der Waals surface area contributed by atoms with Crippen molar-refractivity contribution in [2.24, 2.45) is 0 Å². The predicted octanol–water partition coefficient (Wildman–Crippen LogP) is 1.89. The van der Waals surface area contributed by atoms with Gasteiger partial charge in [-0.2, -0.15) is 0 Å². The van der Waals surface area contributed by atoms with Crippen LogP contribution in [0.5, 0.6) is 0 Å². The van der Waals surface area contributed by atoms with E-state index < -0.39 is 22.3 Å². The van der Waals surface area contributed by atoms with Crippen LogP contribution in [0.3, 0.4) is 0 Å². The molecule has 1 amide bonds. The van der Waals surface area contributed by atoms with Crippen molar-refractivity contribution in [2.75, 3.05) is 0 Å². The number of amides is 1. The Labute approximate surface area is 115 Å². The molecule has 0 bridgehead atoms. The molecule has 0 saturated carbocycles. The van der Waals surface area contributed by atoms with Gasteiger partial charge in [-0.25, -0.2) is 0 Å². The third-order valence-corrected chi connectivity index (χ3v) is 2.71. The number of carbonyl (C=O) groups is 2. The second kappa shape index (κ2) is 5.68. The second-order valence-corrected chi connectivity index (χ2v) is 5.14. The topological polar surface area (TPSA) is 110 Å². The van der Waals surface area contributed by atoms with Crippen LogP contribution in [-0.2, 0) is 4.79 Å². The van der Waals surface area contributed by atoms with Gasteiger partial charge in [0.2, 0.25) is 0 Å². The van der Waals surface area contributed by atoms with E-state index in [0.29, 0.717) is 5.56 Å². The van der Waals surface area contributed by atoms with Crippen molar-refractivity contribution >= 4 is 17.6 Å². The number of para-hydroxylation sites is 1. The van der Waals surface area contributed by atoms with Crippen molar-refractivity contribution in [3.63, 3.8) is 0 Å². The highest BCUT2D eigenvalue weighted by Crippen LogP contribution is 2.23. The number of nitro groups is 1. The zero-order chi connectivity index (χ0) is 15.5. The lowest BCUT2D eigenvalue weighted by Crippen LogP contribution is -2.45. The molecule has 7 heteroatoms. The minimum absolute atomic E-state index is 0.0755. The number of aliphatic carboxylic acids is 1. The van der Waals surface area contributed by atoms with Crippen molar-refractivity contribution in [3.05, 3.63) is 39.4 Å². The highest BCUT2D eigenvalue weighted by molar-refractivity contribution is 5.99. The van der Waals surface area contributed by atoms with E-state index in [2.05, 4.69) is 5.32 Å². The number of nitrogens with one attached hydrogen (secondary N) is 1. The number of carboxylic acids is 1. The molecule has 0 saturated heterocycles. The van der Waals surface area contributed by atoms with Crippen LogP contribution < -0.4 is 5.32 Å². The van der Waals surface area contributed by atoms with E-state index in [1.807, 2.05) is 0 Å². The van der Waals surface area contributed by atoms with Crippen molar-refractivity contribution in [1.82, 2.24) is 5.32 Å². The zero-order valence-electron chi connectivity index (χ0n) is 11.5. The molecular formula is C13H16N2O5. The Kier molecular flexibility index (Phi) is 4.44. The predicted molar refractivity (Wildman–Crippen MR) is 71.6 cm³/mol. The number of nitro benzene ring substituents is 1. The summed E-state index contributed by atoms with van der Waals surface area (Å²) in [6.45, 7) is 4.62. The van der Waals surface area contributed by atoms with Crippen LogP contribution >= 0.6 is 0 Å². The van der Waals surface area contributed by atoms with Crippen LogP contribution in [0.25, 0.3) is 0 Å². The van der Waals surface area contributed by atoms with E-state index in [-0.39, 0.29) is 17.7 Å². The molecule has 7 nitrogen and oxygen atoms in total. The Morgan fingerprint density at radius 1 is 1.40 bits per heavy atom. The summed E-state index contributed by atoms with van der Waals surface area (Å²) < 4.78 is 0. The lowest BCUT2D eigenvalue weighted by Gasteiger charge is -2.24. The van der Waals surface area contributed by atoms with E-state index in [1.165, 1.54) is 19.1 Å².